The molecule has 34 heavy (non-hydrogen) atoms. The summed E-state index contributed by atoms with van der Waals surface area (Å²) in [4.78, 5) is 37.6. The van der Waals surface area contributed by atoms with Gasteiger partial charge in [-0.15, -0.1) is 0 Å². The van der Waals surface area contributed by atoms with Gasteiger partial charge < -0.3 is 20.1 Å². The van der Waals surface area contributed by atoms with E-state index in [1.165, 1.54) is 4.90 Å². The number of aliphatic carboxylic acids is 1. The molecule has 0 saturated heterocycles. The number of rotatable bonds is 9. The number of hydrogen-bond donors (Lipinski definition) is 2. The van der Waals surface area contributed by atoms with Crippen LogP contribution in [-0.4, -0.2) is 42.8 Å². The van der Waals surface area contributed by atoms with Crippen LogP contribution in [0.3, 0.4) is 0 Å². The Balaban J connectivity index is 1.35. The van der Waals surface area contributed by atoms with E-state index in [0.29, 0.717) is 12.1 Å². The third-order valence-electron chi connectivity index (χ3n) is 5.87. The van der Waals surface area contributed by atoms with Crippen molar-refractivity contribution in [1.82, 2.24) is 5.32 Å². The quantitative estimate of drug-likeness (QED) is 0.495. The van der Waals surface area contributed by atoms with E-state index < -0.39 is 12.1 Å². The third kappa shape index (κ3) is 5.26. The summed E-state index contributed by atoms with van der Waals surface area (Å²) in [5.74, 6) is -1.33. The summed E-state index contributed by atoms with van der Waals surface area (Å²) < 4.78 is 5.49. The number of anilines is 1. The summed E-state index contributed by atoms with van der Waals surface area (Å²) in [5, 5.41) is 11.4. The maximum absolute atomic E-state index is 12.8. The molecule has 0 atom stereocenters. The van der Waals surface area contributed by atoms with Gasteiger partial charge in [-0.1, -0.05) is 66.7 Å². The number of carboxylic acid groups (broad SMARTS) is 1. The van der Waals surface area contributed by atoms with Crippen molar-refractivity contribution in [1.29, 1.82) is 0 Å². The van der Waals surface area contributed by atoms with Crippen LogP contribution in [0.4, 0.5) is 10.5 Å². The minimum Gasteiger partial charge on any atom is -0.481 e. The molecule has 0 bridgehead atoms. The number of carboxylic acids is 1. The van der Waals surface area contributed by atoms with Crippen LogP contribution in [-0.2, 0) is 14.3 Å². The maximum atomic E-state index is 12.8. The molecule has 174 valence electrons. The Kier molecular flexibility index (Phi) is 7.22. The lowest BCUT2D eigenvalue weighted by Gasteiger charge is -2.23. The summed E-state index contributed by atoms with van der Waals surface area (Å²) >= 11 is 0. The summed E-state index contributed by atoms with van der Waals surface area (Å²) in [5.41, 5.74) is 5.15. The zero-order valence-corrected chi connectivity index (χ0v) is 18.6. The third-order valence-corrected chi connectivity index (χ3v) is 5.87. The highest BCUT2D eigenvalue weighted by Crippen LogP contribution is 2.44. The molecule has 0 aliphatic heterocycles. The number of nitrogens with one attached hydrogen (secondary N) is 1. The van der Waals surface area contributed by atoms with Crippen LogP contribution >= 0.6 is 0 Å². The number of alkyl carbamates (subject to hydrolysis) is 1. The highest BCUT2D eigenvalue weighted by Gasteiger charge is 2.29. The molecule has 3 aromatic rings. The number of benzene rings is 3. The minimum absolute atomic E-state index is 0.0452. The number of ether oxygens (including phenoxy) is 1. The van der Waals surface area contributed by atoms with Gasteiger partial charge in [0.1, 0.15) is 13.2 Å². The molecule has 7 heteroatoms. The minimum atomic E-state index is -0.919. The molecule has 7 nitrogen and oxygen atoms in total. The van der Waals surface area contributed by atoms with E-state index in [4.69, 9.17) is 9.84 Å². The molecule has 1 aliphatic rings. The van der Waals surface area contributed by atoms with Gasteiger partial charge in [-0.05, 0) is 40.8 Å². The van der Waals surface area contributed by atoms with Crippen molar-refractivity contribution in [2.75, 3.05) is 24.6 Å². The normalized spacial score (nSPS) is 11.9. The lowest BCUT2D eigenvalue weighted by atomic mass is 9.98. The summed E-state index contributed by atoms with van der Waals surface area (Å²) in [6.45, 7) is 0.148. The lowest BCUT2D eigenvalue weighted by Crippen LogP contribution is -2.41. The van der Waals surface area contributed by atoms with Gasteiger partial charge in [0.2, 0.25) is 5.91 Å². The van der Waals surface area contributed by atoms with Crippen molar-refractivity contribution >= 4 is 23.7 Å². The van der Waals surface area contributed by atoms with Gasteiger partial charge >= 0.3 is 12.1 Å². The second kappa shape index (κ2) is 10.7. The molecule has 0 radical (unpaired) electrons. The molecule has 3 aromatic carbocycles. The van der Waals surface area contributed by atoms with Crippen molar-refractivity contribution < 1.29 is 24.2 Å². The number of para-hydroxylation sites is 1. The molecule has 2 amide bonds. The van der Waals surface area contributed by atoms with Crippen molar-refractivity contribution in [2.24, 2.45) is 0 Å². The van der Waals surface area contributed by atoms with Gasteiger partial charge in [0, 0.05) is 24.6 Å². The molecule has 0 heterocycles. The zero-order chi connectivity index (χ0) is 23.9. The number of hydrogen-bond acceptors (Lipinski definition) is 4. The molecule has 2 N–H and O–H groups in total. The lowest BCUT2D eigenvalue weighted by molar-refractivity contribution is -0.137. The average Bonchev–Trinajstić information content (AvgIpc) is 3.18. The standard InChI is InChI=1S/C27H26N2O5/c30-25(29(16-8-15-26(31)32)19-9-2-1-3-10-19)17-28-27(33)34-18-24-22-13-6-4-11-20(22)21-12-5-7-14-23(21)24/h1-7,9-14,24H,8,15-18H2,(H,28,33)(H,31,32). The predicted octanol–water partition coefficient (Wildman–Crippen LogP) is 4.42. The van der Waals surface area contributed by atoms with Crippen LogP contribution in [0.1, 0.15) is 29.9 Å². The van der Waals surface area contributed by atoms with Gasteiger partial charge in [-0.2, -0.15) is 0 Å². The predicted molar refractivity (Wildman–Crippen MR) is 129 cm³/mol. The molecule has 0 fully saturated rings. The number of carbonyl (C=O) groups is 3. The fraction of sp³-hybridized carbons (Fsp3) is 0.222. The number of nitrogens with zero attached hydrogens (tertiary/aromatic N) is 1. The topological polar surface area (TPSA) is 95.9 Å². The van der Waals surface area contributed by atoms with Crippen molar-refractivity contribution in [3.05, 3.63) is 90.0 Å². The van der Waals surface area contributed by atoms with Crippen LogP contribution < -0.4 is 10.2 Å². The first-order valence-corrected chi connectivity index (χ1v) is 11.2. The van der Waals surface area contributed by atoms with Crippen LogP contribution in [0.25, 0.3) is 11.1 Å². The van der Waals surface area contributed by atoms with Crippen LogP contribution in [0.5, 0.6) is 0 Å². The number of amides is 2. The molecule has 0 spiro atoms. The first-order valence-electron chi connectivity index (χ1n) is 11.2. The fourth-order valence-electron chi connectivity index (χ4n) is 4.29. The van der Waals surface area contributed by atoms with E-state index in [1.807, 2.05) is 42.5 Å². The zero-order valence-electron chi connectivity index (χ0n) is 18.6. The van der Waals surface area contributed by atoms with E-state index >= 15 is 0 Å². The van der Waals surface area contributed by atoms with E-state index in [0.717, 1.165) is 22.3 Å². The highest BCUT2D eigenvalue weighted by atomic mass is 16.5. The average molecular weight is 459 g/mol. The van der Waals surface area contributed by atoms with Gasteiger partial charge in [-0.3, -0.25) is 9.59 Å². The first kappa shape index (κ1) is 23.0. The largest absolute Gasteiger partial charge is 0.481 e. The summed E-state index contributed by atoms with van der Waals surface area (Å²) in [7, 11) is 0. The monoisotopic (exact) mass is 458 g/mol. The Morgan fingerprint density at radius 2 is 1.44 bits per heavy atom. The van der Waals surface area contributed by atoms with E-state index in [9.17, 15) is 14.4 Å². The van der Waals surface area contributed by atoms with Crippen molar-refractivity contribution in [2.45, 2.75) is 18.8 Å². The molecule has 1 aliphatic carbocycles. The summed E-state index contributed by atoms with van der Waals surface area (Å²) in [6, 6.07) is 25.1. The van der Waals surface area contributed by atoms with E-state index in [2.05, 4.69) is 17.4 Å². The first-order chi connectivity index (χ1) is 16.5. The van der Waals surface area contributed by atoms with Crippen molar-refractivity contribution in [3.8, 4) is 11.1 Å². The fourth-order valence-corrected chi connectivity index (χ4v) is 4.29. The summed E-state index contributed by atoms with van der Waals surface area (Å²) in [6.07, 6.45) is -0.411. The number of fused-ring (bicyclic) bond motifs is 3. The second-order valence-electron chi connectivity index (χ2n) is 8.06. The van der Waals surface area contributed by atoms with E-state index in [-0.39, 0.29) is 37.9 Å². The maximum Gasteiger partial charge on any atom is 0.407 e. The smallest absolute Gasteiger partial charge is 0.407 e. The van der Waals surface area contributed by atoms with Crippen molar-refractivity contribution in [3.63, 3.8) is 0 Å². The highest BCUT2D eigenvalue weighted by molar-refractivity contribution is 5.96. The molecule has 0 unspecified atom stereocenters. The van der Waals surface area contributed by atoms with Gasteiger partial charge in [0.25, 0.3) is 0 Å². The van der Waals surface area contributed by atoms with Crippen LogP contribution in [0.2, 0.25) is 0 Å². The molecule has 4 rings (SSSR count). The molecule has 0 saturated carbocycles. The second-order valence-corrected chi connectivity index (χ2v) is 8.06. The Morgan fingerprint density at radius 3 is 2.06 bits per heavy atom. The molecular formula is C27H26N2O5. The van der Waals surface area contributed by atoms with Gasteiger partial charge in [0.05, 0.1) is 0 Å². The van der Waals surface area contributed by atoms with Gasteiger partial charge in [-0.25, -0.2) is 4.79 Å². The van der Waals surface area contributed by atoms with Crippen LogP contribution in [0, 0.1) is 0 Å². The number of carbonyl (C=O) groups excluding carboxylic acids is 2. The molecule has 0 aromatic heterocycles. The van der Waals surface area contributed by atoms with Gasteiger partial charge in [0.15, 0.2) is 0 Å². The van der Waals surface area contributed by atoms with E-state index in [1.54, 1.807) is 24.3 Å². The SMILES string of the molecule is O=C(O)CCCN(C(=O)CNC(=O)OCC1c2ccccc2-c2ccccc21)c1ccccc1. The van der Waals surface area contributed by atoms with Crippen LogP contribution in [0.15, 0.2) is 78.9 Å². The Morgan fingerprint density at radius 1 is 0.853 bits per heavy atom. The Labute approximate surface area is 198 Å². The molecular weight excluding hydrogens is 432 g/mol. The Hall–Kier alpha value is -4.13. The Bertz CT molecular complexity index is 1130.